The minimum atomic E-state index is -1.53. The molecule has 0 amide bonds. The molecule has 0 saturated heterocycles. The molecule has 0 aliphatic rings. The zero-order valence-corrected chi connectivity index (χ0v) is 12.6. The van der Waals surface area contributed by atoms with Crippen LogP contribution in [0.1, 0.15) is 25.0 Å². The fraction of sp³-hybridized carbons (Fsp3) is 0.235. The van der Waals surface area contributed by atoms with Crippen molar-refractivity contribution in [3.63, 3.8) is 0 Å². The first-order valence-corrected chi connectivity index (χ1v) is 6.85. The van der Waals surface area contributed by atoms with Crippen molar-refractivity contribution in [1.82, 2.24) is 4.98 Å². The van der Waals surface area contributed by atoms with Crippen LogP contribution in [0.5, 0.6) is 0 Å². The fourth-order valence-corrected chi connectivity index (χ4v) is 1.96. The van der Waals surface area contributed by atoms with Gasteiger partial charge in [-0.05, 0) is 38.1 Å². The van der Waals surface area contributed by atoms with E-state index in [0.717, 1.165) is 0 Å². The van der Waals surface area contributed by atoms with Crippen molar-refractivity contribution in [2.45, 2.75) is 25.0 Å². The Balaban J connectivity index is 2.58. The molecule has 1 aromatic carbocycles. The van der Waals surface area contributed by atoms with Crippen molar-refractivity contribution in [1.29, 1.82) is 0 Å². The van der Waals surface area contributed by atoms with Crippen LogP contribution in [-0.2, 0) is 5.60 Å². The molecule has 0 radical (unpaired) electrons. The van der Waals surface area contributed by atoms with E-state index in [2.05, 4.69) is 16.8 Å². The Kier molecular flexibility index (Phi) is 4.34. The molecule has 108 valence electrons. The molecule has 4 heteroatoms. The number of aliphatic hydroxyl groups is 2. The van der Waals surface area contributed by atoms with Gasteiger partial charge in [0.15, 0.2) is 5.60 Å². The van der Waals surface area contributed by atoms with Gasteiger partial charge in [-0.25, -0.2) is 0 Å². The summed E-state index contributed by atoms with van der Waals surface area (Å²) in [5.74, 6) is 5.45. The predicted molar refractivity (Wildman–Crippen MR) is 82.8 cm³/mol. The second-order valence-electron chi connectivity index (χ2n) is 5.26. The van der Waals surface area contributed by atoms with E-state index >= 15 is 0 Å². The molecule has 2 N–H and O–H groups in total. The molecule has 1 heterocycles. The van der Waals surface area contributed by atoms with E-state index in [1.807, 2.05) is 0 Å². The van der Waals surface area contributed by atoms with Crippen LogP contribution >= 0.6 is 11.6 Å². The third-order valence-corrected chi connectivity index (χ3v) is 3.16. The van der Waals surface area contributed by atoms with E-state index in [1.165, 1.54) is 0 Å². The largest absolute Gasteiger partial charge is 0.378 e. The first kappa shape index (κ1) is 15.5. The van der Waals surface area contributed by atoms with Crippen molar-refractivity contribution < 1.29 is 10.2 Å². The SMILES string of the molecule is CC(C)(O)C#C[C@](O)(c1ccncc1)c1ccc(Cl)cc1. The normalized spacial score (nSPS) is 14.0. The lowest BCUT2D eigenvalue weighted by atomic mass is 9.87. The van der Waals surface area contributed by atoms with Gasteiger partial charge in [0.1, 0.15) is 5.60 Å². The molecule has 1 aromatic heterocycles. The summed E-state index contributed by atoms with van der Waals surface area (Å²) in [5.41, 5.74) is -1.58. The average molecular weight is 302 g/mol. The van der Waals surface area contributed by atoms with Crippen LogP contribution < -0.4 is 0 Å². The molecule has 1 atom stereocenters. The van der Waals surface area contributed by atoms with Gasteiger partial charge >= 0.3 is 0 Å². The summed E-state index contributed by atoms with van der Waals surface area (Å²) in [6.45, 7) is 3.13. The molecule has 0 fully saturated rings. The highest BCUT2D eigenvalue weighted by atomic mass is 35.5. The number of pyridine rings is 1. The smallest absolute Gasteiger partial charge is 0.177 e. The second kappa shape index (κ2) is 5.87. The average Bonchev–Trinajstić information content (AvgIpc) is 2.46. The van der Waals surface area contributed by atoms with Gasteiger partial charge < -0.3 is 10.2 Å². The first-order chi connectivity index (χ1) is 9.81. The van der Waals surface area contributed by atoms with Crippen LogP contribution in [0.25, 0.3) is 0 Å². The Labute approximate surface area is 129 Å². The van der Waals surface area contributed by atoms with Crippen LogP contribution in [0.15, 0.2) is 48.8 Å². The van der Waals surface area contributed by atoms with Crippen molar-refractivity contribution in [3.8, 4) is 11.8 Å². The summed E-state index contributed by atoms with van der Waals surface area (Å²) in [5, 5.41) is 21.4. The Morgan fingerprint density at radius 3 is 1.95 bits per heavy atom. The molecule has 2 aromatic rings. The lowest BCUT2D eigenvalue weighted by Crippen LogP contribution is -2.27. The first-order valence-electron chi connectivity index (χ1n) is 6.47. The molecule has 21 heavy (non-hydrogen) atoms. The summed E-state index contributed by atoms with van der Waals surface area (Å²) < 4.78 is 0. The maximum absolute atomic E-state index is 11.1. The third kappa shape index (κ3) is 3.83. The Morgan fingerprint density at radius 1 is 0.905 bits per heavy atom. The molecule has 0 spiro atoms. The summed E-state index contributed by atoms with van der Waals surface area (Å²) in [6, 6.07) is 10.2. The zero-order chi connectivity index (χ0) is 15.5. The lowest BCUT2D eigenvalue weighted by Gasteiger charge is -2.24. The molecule has 0 aliphatic carbocycles. The van der Waals surface area contributed by atoms with E-state index in [1.54, 1.807) is 62.6 Å². The molecule has 0 aliphatic heterocycles. The number of rotatable bonds is 2. The van der Waals surface area contributed by atoms with E-state index in [-0.39, 0.29) is 0 Å². The van der Waals surface area contributed by atoms with E-state index in [4.69, 9.17) is 11.6 Å². The summed E-state index contributed by atoms with van der Waals surface area (Å²) >= 11 is 5.89. The minimum Gasteiger partial charge on any atom is -0.378 e. The number of benzene rings is 1. The number of nitrogens with zero attached hydrogens (tertiary/aromatic N) is 1. The zero-order valence-electron chi connectivity index (χ0n) is 11.8. The van der Waals surface area contributed by atoms with Crippen molar-refractivity contribution >= 4 is 11.6 Å². The highest BCUT2D eigenvalue weighted by Gasteiger charge is 2.30. The van der Waals surface area contributed by atoms with Gasteiger partial charge in [-0.1, -0.05) is 35.6 Å². The van der Waals surface area contributed by atoms with Gasteiger partial charge in [-0.2, -0.15) is 0 Å². The standard InChI is InChI=1S/C17H16ClNO2/c1-16(2,20)9-10-17(21,14-7-11-19-12-8-14)13-3-5-15(18)6-4-13/h3-8,11-12,20-21H,1-2H3/t17-/m1/s1. The quantitative estimate of drug-likeness (QED) is 0.839. The van der Waals surface area contributed by atoms with Crippen LogP contribution in [0.3, 0.4) is 0 Å². The fourth-order valence-electron chi connectivity index (χ4n) is 1.84. The van der Waals surface area contributed by atoms with Crippen LogP contribution in [0.2, 0.25) is 5.02 Å². The monoisotopic (exact) mass is 301 g/mol. The highest BCUT2D eigenvalue weighted by molar-refractivity contribution is 6.30. The minimum absolute atomic E-state index is 0.575. The molecule has 0 unspecified atom stereocenters. The molecule has 0 saturated carbocycles. The Morgan fingerprint density at radius 2 is 1.43 bits per heavy atom. The van der Waals surface area contributed by atoms with E-state index in [0.29, 0.717) is 16.1 Å². The maximum atomic E-state index is 11.1. The molecule has 3 nitrogen and oxygen atoms in total. The van der Waals surface area contributed by atoms with Gasteiger partial charge in [0.2, 0.25) is 0 Å². The Bertz CT molecular complexity index is 666. The molecular formula is C17H16ClNO2. The highest BCUT2D eigenvalue weighted by Crippen LogP contribution is 2.29. The molecular weight excluding hydrogens is 286 g/mol. The van der Waals surface area contributed by atoms with Crippen molar-refractivity contribution in [2.24, 2.45) is 0 Å². The number of hydrogen-bond acceptors (Lipinski definition) is 3. The lowest BCUT2D eigenvalue weighted by molar-refractivity contribution is 0.132. The topological polar surface area (TPSA) is 53.4 Å². The van der Waals surface area contributed by atoms with Crippen LogP contribution in [0.4, 0.5) is 0 Å². The van der Waals surface area contributed by atoms with E-state index < -0.39 is 11.2 Å². The van der Waals surface area contributed by atoms with Crippen LogP contribution in [-0.4, -0.2) is 20.8 Å². The molecule has 0 bridgehead atoms. The summed E-state index contributed by atoms with van der Waals surface area (Å²) in [4.78, 5) is 3.95. The van der Waals surface area contributed by atoms with Gasteiger partial charge in [-0.3, -0.25) is 4.98 Å². The Hall–Kier alpha value is -1.86. The third-order valence-electron chi connectivity index (χ3n) is 2.91. The predicted octanol–water partition coefficient (Wildman–Crippen LogP) is 2.75. The van der Waals surface area contributed by atoms with Gasteiger partial charge in [0.25, 0.3) is 0 Å². The van der Waals surface area contributed by atoms with Gasteiger partial charge in [0, 0.05) is 28.5 Å². The van der Waals surface area contributed by atoms with E-state index in [9.17, 15) is 10.2 Å². The summed E-state index contributed by atoms with van der Waals surface area (Å²) in [6.07, 6.45) is 3.17. The van der Waals surface area contributed by atoms with Gasteiger partial charge in [0.05, 0.1) is 0 Å². The number of halogens is 1. The van der Waals surface area contributed by atoms with Crippen molar-refractivity contribution in [2.75, 3.05) is 0 Å². The second-order valence-corrected chi connectivity index (χ2v) is 5.70. The summed E-state index contributed by atoms with van der Waals surface area (Å²) in [7, 11) is 0. The number of aromatic nitrogens is 1. The molecule has 2 rings (SSSR count). The van der Waals surface area contributed by atoms with Crippen molar-refractivity contribution in [3.05, 3.63) is 64.9 Å². The maximum Gasteiger partial charge on any atom is 0.177 e. The van der Waals surface area contributed by atoms with Gasteiger partial charge in [-0.15, -0.1) is 0 Å². The number of hydrogen-bond donors (Lipinski definition) is 2. The van der Waals surface area contributed by atoms with Crippen LogP contribution in [0, 0.1) is 11.8 Å².